The van der Waals surface area contributed by atoms with Crippen LogP contribution >= 0.6 is 22.7 Å². The van der Waals surface area contributed by atoms with Gasteiger partial charge in [-0.1, -0.05) is 48.5 Å². The van der Waals surface area contributed by atoms with Crippen LogP contribution in [0.4, 0.5) is 10.3 Å². The molecule has 2 aliphatic heterocycles. The molecule has 0 aliphatic carbocycles. The van der Waals surface area contributed by atoms with Gasteiger partial charge >= 0.3 is 0 Å². The van der Waals surface area contributed by atoms with Crippen LogP contribution in [0.25, 0.3) is 22.5 Å². The summed E-state index contributed by atoms with van der Waals surface area (Å²) in [4.78, 5) is 15.1. The molecule has 6 aromatic rings. The second kappa shape index (κ2) is 18.8. The molecule has 0 bridgehead atoms. The number of thiazole rings is 2. The second-order valence-electron chi connectivity index (χ2n) is 17.5. The van der Waals surface area contributed by atoms with E-state index in [-0.39, 0.29) is 0 Å². The van der Waals surface area contributed by atoms with Crippen molar-refractivity contribution in [3.8, 4) is 22.5 Å². The van der Waals surface area contributed by atoms with Gasteiger partial charge in [0.2, 0.25) is 20.0 Å². The molecule has 8 rings (SSSR count). The zero-order valence-corrected chi connectivity index (χ0v) is 42.6. The summed E-state index contributed by atoms with van der Waals surface area (Å²) in [5.41, 5.74) is 16.8. The SMILES string of the molecule is Cc1cc(C)c(C)c(S(=O)(=O)N2CCN(c3nc(-c4c(C)cccc4C)cs3)CC2)c1C.Cc1cccc(-c2csc(N3CCN(S(=O)(=O)c4c(C)c(C)cc(C)c4C)CC3)n2)c1C. The van der Waals surface area contributed by atoms with Crippen molar-refractivity contribution in [3.05, 3.63) is 126 Å². The average Bonchev–Trinajstić information content (AvgIpc) is 3.95. The Hall–Kier alpha value is -4.44. The highest BCUT2D eigenvalue weighted by molar-refractivity contribution is 7.89. The van der Waals surface area contributed by atoms with E-state index in [1.807, 2.05) is 55.4 Å². The average molecular weight is 939 g/mol. The lowest BCUT2D eigenvalue weighted by Crippen LogP contribution is -2.49. The van der Waals surface area contributed by atoms with Gasteiger partial charge in [0.15, 0.2) is 10.3 Å². The number of rotatable bonds is 8. The van der Waals surface area contributed by atoms with Crippen LogP contribution in [0.5, 0.6) is 0 Å². The molecule has 0 radical (unpaired) electrons. The molecular formula is C50H62N6O4S4. The smallest absolute Gasteiger partial charge is 0.243 e. The van der Waals surface area contributed by atoms with E-state index >= 15 is 0 Å². The Balaban J connectivity index is 0.000000191. The zero-order valence-electron chi connectivity index (χ0n) is 39.4. The molecule has 64 heavy (non-hydrogen) atoms. The van der Waals surface area contributed by atoms with Gasteiger partial charge in [-0.15, -0.1) is 22.7 Å². The van der Waals surface area contributed by atoms with Crippen LogP contribution in [0.2, 0.25) is 0 Å². The highest BCUT2D eigenvalue weighted by Gasteiger charge is 2.34. The Morgan fingerprint density at radius 2 is 0.797 bits per heavy atom. The summed E-state index contributed by atoms with van der Waals surface area (Å²) < 4.78 is 57.4. The highest BCUT2D eigenvalue weighted by Crippen LogP contribution is 2.36. The van der Waals surface area contributed by atoms with Gasteiger partial charge in [-0.05, 0) is 150 Å². The molecule has 2 fully saturated rings. The van der Waals surface area contributed by atoms with E-state index in [1.54, 1.807) is 31.3 Å². The van der Waals surface area contributed by atoms with Crippen LogP contribution in [-0.4, -0.2) is 87.8 Å². The molecule has 2 aromatic heterocycles. The van der Waals surface area contributed by atoms with Gasteiger partial charge in [0.1, 0.15) is 0 Å². The quantitative estimate of drug-likeness (QED) is 0.149. The Morgan fingerprint density at radius 3 is 1.22 bits per heavy atom. The molecule has 0 unspecified atom stereocenters. The molecular weight excluding hydrogens is 877 g/mol. The standard InChI is InChI=1S/2C25H31N3O2S2/c1-16-8-7-9-22(19(16)4)23-15-31-25(26-23)27-10-12-28(13-11-27)32(29,30)24-20(5)17(2)14-18(3)21(24)6;1-16-8-7-9-17(2)23(16)22-15-31-25(26-22)27-10-12-28(13-11-27)32(29,30)24-20(5)18(3)14-19(4)21(24)6/h2*7-9,14-15H,10-13H2,1-6H3. The van der Waals surface area contributed by atoms with Crippen LogP contribution in [0.3, 0.4) is 0 Å². The minimum Gasteiger partial charge on any atom is -0.345 e. The number of benzene rings is 4. The summed E-state index contributed by atoms with van der Waals surface area (Å²) in [5, 5.41) is 6.12. The van der Waals surface area contributed by atoms with E-state index < -0.39 is 20.0 Å². The van der Waals surface area contributed by atoms with Crippen molar-refractivity contribution in [1.29, 1.82) is 0 Å². The number of anilines is 2. The molecule has 2 saturated heterocycles. The molecule has 10 nitrogen and oxygen atoms in total. The first kappa shape index (κ1) is 47.5. The maximum atomic E-state index is 13.5. The molecule has 4 heterocycles. The molecule has 340 valence electrons. The predicted molar refractivity (Wildman–Crippen MR) is 267 cm³/mol. The third kappa shape index (κ3) is 9.19. The summed E-state index contributed by atoms with van der Waals surface area (Å²) in [6, 6.07) is 16.7. The number of aryl methyl sites for hydroxylation is 7. The lowest BCUT2D eigenvalue weighted by molar-refractivity contribution is 0.384. The van der Waals surface area contributed by atoms with E-state index in [2.05, 4.69) is 96.8 Å². The molecule has 0 spiro atoms. The maximum absolute atomic E-state index is 13.5. The molecule has 0 atom stereocenters. The largest absolute Gasteiger partial charge is 0.345 e. The van der Waals surface area contributed by atoms with Crippen LogP contribution in [-0.2, 0) is 20.0 Å². The Labute approximate surface area is 389 Å². The monoisotopic (exact) mass is 938 g/mol. The highest BCUT2D eigenvalue weighted by atomic mass is 32.2. The normalized spacial score (nSPS) is 15.4. The molecule has 0 saturated carbocycles. The summed E-state index contributed by atoms with van der Waals surface area (Å²) in [5.74, 6) is 0. The Bertz CT molecular complexity index is 2870. The number of aromatic nitrogens is 2. The van der Waals surface area contributed by atoms with Gasteiger partial charge in [-0.3, -0.25) is 0 Å². The van der Waals surface area contributed by atoms with Gasteiger partial charge in [-0.2, -0.15) is 8.61 Å². The fourth-order valence-electron chi connectivity index (χ4n) is 8.94. The lowest BCUT2D eigenvalue weighted by atomic mass is 10.0. The van der Waals surface area contributed by atoms with Gasteiger partial charge in [0.05, 0.1) is 21.2 Å². The first-order valence-corrected chi connectivity index (χ1v) is 26.6. The van der Waals surface area contributed by atoms with E-state index in [4.69, 9.17) is 9.97 Å². The number of hydrogen-bond donors (Lipinski definition) is 0. The van der Waals surface area contributed by atoms with Crippen LogP contribution < -0.4 is 9.80 Å². The molecule has 2 aliphatic rings. The fourth-order valence-corrected chi connectivity index (χ4v) is 14.7. The predicted octanol–water partition coefficient (Wildman–Crippen LogP) is 10.3. The number of sulfonamides is 2. The third-order valence-electron chi connectivity index (χ3n) is 13.4. The minimum atomic E-state index is -3.53. The number of hydrogen-bond acceptors (Lipinski definition) is 10. The van der Waals surface area contributed by atoms with E-state index in [0.717, 1.165) is 71.7 Å². The van der Waals surface area contributed by atoms with Crippen molar-refractivity contribution in [1.82, 2.24) is 18.6 Å². The third-order valence-corrected chi connectivity index (χ3v) is 19.6. The van der Waals surface area contributed by atoms with E-state index in [1.165, 1.54) is 27.8 Å². The van der Waals surface area contributed by atoms with Crippen molar-refractivity contribution < 1.29 is 16.8 Å². The first-order chi connectivity index (χ1) is 30.2. The molecule has 4 aromatic carbocycles. The Morgan fingerprint density at radius 1 is 0.438 bits per heavy atom. The van der Waals surface area contributed by atoms with Crippen molar-refractivity contribution in [2.24, 2.45) is 0 Å². The van der Waals surface area contributed by atoms with Crippen LogP contribution in [0.1, 0.15) is 66.8 Å². The van der Waals surface area contributed by atoms with E-state index in [9.17, 15) is 16.8 Å². The summed E-state index contributed by atoms with van der Waals surface area (Å²) in [7, 11) is -7.07. The Kier molecular flexibility index (Phi) is 14.0. The number of piperazine rings is 2. The topological polar surface area (TPSA) is 107 Å². The van der Waals surface area contributed by atoms with Crippen molar-refractivity contribution in [3.63, 3.8) is 0 Å². The summed E-state index contributed by atoms with van der Waals surface area (Å²) in [6.45, 7) is 28.5. The van der Waals surface area contributed by atoms with Gasteiger partial charge < -0.3 is 9.80 Å². The van der Waals surface area contributed by atoms with E-state index in [0.29, 0.717) is 62.1 Å². The zero-order chi connectivity index (χ0) is 46.4. The van der Waals surface area contributed by atoms with Crippen molar-refractivity contribution in [2.75, 3.05) is 62.2 Å². The second-order valence-corrected chi connectivity index (χ2v) is 22.9. The molecule has 14 heteroatoms. The van der Waals surface area contributed by atoms with Crippen LogP contribution in [0.15, 0.2) is 69.1 Å². The lowest BCUT2D eigenvalue weighted by Gasteiger charge is -2.34. The summed E-state index contributed by atoms with van der Waals surface area (Å²) >= 11 is 3.26. The molecule has 0 N–H and O–H groups in total. The van der Waals surface area contributed by atoms with Gasteiger partial charge in [0, 0.05) is 74.2 Å². The fraction of sp³-hybridized carbons (Fsp3) is 0.400. The van der Waals surface area contributed by atoms with Gasteiger partial charge in [-0.25, -0.2) is 26.8 Å². The van der Waals surface area contributed by atoms with Crippen LogP contribution in [0, 0.1) is 83.1 Å². The maximum Gasteiger partial charge on any atom is 0.243 e. The van der Waals surface area contributed by atoms with Crippen molar-refractivity contribution >= 4 is 53.0 Å². The summed E-state index contributed by atoms with van der Waals surface area (Å²) in [6.07, 6.45) is 0. The molecule has 0 amide bonds. The van der Waals surface area contributed by atoms with Crippen molar-refractivity contribution in [2.45, 2.75) is 92.9 Å². The number of nitrogens with zero attached hydrogens (tertiary/aromatic N) is 6. The minimum absolute atomic E-state index is 0.465. The first-order valence-electron chi connectivity index (χ1n) is 21.9. The van der Waals surface area contributed by atoms with Gasteiger partial charge in [0.25, 0.3) is 0 Å².